The second kappa shape index (κ2) is 7.63. The van der Waals surface area contributed by atoms with E-state index in [2.05, 4.69) is 30.5 Å². The molecule has 30 heavy (non-hydrogen) atoms. The first-order valence-electron chi connectivity index (χ1n) is 8.73. The molecule has 9 nitrogen and oxygen atoms in total. The highest BCUT2D eigenvalue weighted by Crippen LogP contribution is 2.29. The average Bonchev–Trinajstić information content (AvgIpc) is 3.50. The number of nitrogens with zero attached hydrogens (tertiary/aromatic N) is 8. The van der Waals surface area contributed by atoms with E-state index < -0.39 is 12.2 Å². The number of hydrogen-bond acceptors (Lipinski definition) is 8. The zero-order valence-electron chi connectivity index (χ0n) is 15.1. The maximum absolute atomic E-state index is 13.1. The fraction of sp³-hybridized carbons (Fsp3) is 0.111. The van der Waals surface area contributed by atoms with Crippen LogP contribution in [-0.4, -0.2) is 39.6 Å². The van der Waals surface area contributed by atoms with E-state index in [-0.39, 0.29) is 5.65 Å². The summed E-state index contributed by atoms with van der Waals surface area (Å²) in [6, 6.07) is 10.6. The number of hydrogen-bond donors (Lipinski definition) is 0. The fourth-order valence-electron chi connectivity index (χ4n) is 2.85. The lowest BCUT2D eigenvalue weighted by molar-refractivity contribution is 0.137. The van der Waals surface area contributed by atoms with Crippen LogP contribution >= 0.6 is 11.8 Å². The molecule has 0 N–H and O–H groups in total. The van der Waals surface area contributed by atoms with Crippen LogP contribution in [0.15, 0.2) is 69.7 Å². The van der Waals surface area contributed by atoms with Gasteiger partial charge in [-0.15, -0.1) is 20.4 Å². The van der Waals surface area contributed by atoms with Crippen LogP contribution in [0.1, 0.15) is 18.0 Å². The third kappa shape index (κ3) is 3.41. The Morgan fingerprint density at radius 3 is 2.73 bits per heavy atom. The molecule has 150 valence electrons. The van der Waals surface area contributed by atoms with Crippen molar-refractivity contribution in [1.29, 1.82) is 0 Å². The standard InChI is InChI=1S/C18H12F2N8OS/c19-15(20)17-24-22-13-5-6-14(26-28(13)17)30-18-25-23-16(11-3-1-7-21-9-11)27(18)10-12-4-2-8-29-12/h1-9,15H,10H2. The first kappa shape index (κ1) is 18.4. The van der Waals surface area contributed by atoms with Gasteiger partial charge in [0.05, 0.1) is 12.8 Å². The predicted octanol–water partition coefficient (Wildman–Crippen LogP) is 3.51. The van der Waals surface area contributed by atoms with Gasteiger partial charge in [0.1, 0.15) is 10.8 Å². The number of furan rings is 1. The third-order valence-corrected chi connectivity index (χ3v) is 5.10. The van der Waals surface area contributed by atoms with Gasteiger partial charge in [-0.25, -0.2) is 8.78 Å². The first-order valence-corrected chi connectivity index (χ1v) is 9.55. The minimum atomic E-state index is -2.78. The molecule has 0 atom stereocenters. The molecule has 0 saturated heterocycles. The lowest BCUT2D eigenvalue weighted by atomic mass is 10.2. The molecular weight excluding hydrogens is 414 g/mol. The van der Waals surface area contributed by atoms with Crippen molar-refractivity contribution in [1.82, 2.24) is 39.6 Å². The van der Waals surface area contributed by atoms with Crippen LogP contribution in [0.3, 0.4) is 0 Å². The van der Waals surface area contributed by atoms with E-state index >= 15 is 0 Å². The summed E-state index contributed by atoms with van der Waals surface area (Å²) in [5.74, 6) is 0.796. The molecule has 0 spiro atoms. The molecule has 0 unspecified atom stereocenters. The molecule has 0 saturated carbocycles. The Kier molecular flexibility index (Phi) is 4.67. The van der Waals surface area contributed by atoms with E-state index in [1.165, 1.54) is 11.8 Å². The number of alkyl halides is 2. The molecule has 0 amide bonds. The zero-order valence-corrected chi connectivity index (χ0v) is 15.9. The molecule has 0 bridgehead atoms. The molecule has 0 radical (unpaired) electrons. The molecule has 5 rings (SSSR count). The summed E-state index contributed by atoms with van der Waals surface area (Å²) in [6.45, 7) is 0.379. The SMILES string of the molecule is FC(F)c1nnc2ccc(Sc3nnc(-c4cccnc4)n3Cc3ccco3)nn12. The lowest BCUT2D eigenvalue weighted by Crippen LogP contribution is -2.04. The van der Waals surface area contributed by atoms with Crippen LogP contribution in [0.5, 0.6) is 0 Å². The van der Waals surface area contributed by atoms with Crippen molar-refractivity contribution in [3.05, 3.63) is 66.6 Å². The highest BCUT2D eigenvalue weighted by molar-refractivity contribution is 7.99. The molecule has 0 aliphatic carbocycles. The van der Waals surface area contributed by atoms with Crippen LogP contribution in [-0.2, 0) is 6.54 Å². The van der Waals surface area contributed by atoms with Gasteiger partial charge in [0.15, 0.2) is 16.6 Å². The topological polar surface area (TPSA) is 99.8 Å². The van der Waals surface area contributed by atoms with Gasteiger partial charge >= 0.3 is 0 Å². The first-order chi connectivity index (χ1) is 14.7. The summed E-state index contributed by atoms with van der Waals surface area (Å²) in [5, 5.41) is 21.0. The smallest absolute Gasteiger partial charge is 0.299 e. The van der Waals surface area contributed by atoms with E-state index in [1.807, 2.05) is 22.8 Å². The monoisotopic (exact) mass is 426 g/mol. The molecule has 12 heteroatoms. The normalized spacial score (nSPS) is 11.6. The second-order valence-corrected chi connectivity index (χ2v) is 7.10. The molecule has 5 aromatic rings. The molecule has 5 aromatic heterocycles. The van der Waals surface area contributed by atoms with E-state index in [1.54, 1.807) is 36.9 Å². The van der Waals surface area contributed by atoms with Crippen LogP contribution in [0.2, 0.25) is 0 Å². The summed E-state index contributed by atoms with van der Waals surface area (Å²) < 4.78 is 34.6. The van der Waals surface area contributed by atoms with Crippen molar-refractivity contribution < 1.29 is 13.2 Å². The van der Waals surface area contributed by atoms with Gasteiger partial charge in [-0.05, 0) is 48.2 Å². The van der Waals surface area contributed by atoms with E-state index in [0.717, 1.165) is 10.1 Å². The van der Waals surface area contributed by atoms with Crippen molar-refractivity contribution in [3.63, 3.8) is 0 Å². The molecular formula is C18H12F2N8OS. The van der Waals surface area contributed by atoms with Gasteiger partial charge in [-0.3, -0.25) is 9.55 Å². The number of rotatable bonds is 6. The van der Waals surface area contributed by atoms with Gasteiger partial charge < -0.3 is 4.42 Å². The highest BCUT2D eigenvalue weighted by Gasteiger charge is 2.20. The van der Waals surface area contributed by atoms with Gasteiger partial charge in [-0.2, -0.15) is 9.61 Å². The minimum absolute atomic E-state index is 0.239. The van der Waals surface area contributed by atoms with Gasteiger partial charge in [0.2, 0.25) is 5.82 Å². The maximum Gasteiger partial charge on any atom is 0.299 e. The summed E-state index contributed by atoms with van der Waals surface area (Å²) in [4.78, 5) is 4.13. The van der Waals surface area contributed by atoms with Crippen molar-refractivity contribution in [2.45, 2.75) is 23.2 Å². The summed E-state index contributed by atoms with van der Waals surface area (Å²) >= 11 is 1.19. The zero-order chi connectivity index (χ0) is 20.5. The van der Waals surface area contributed by atoms with Crippen LogP contribution in [0.4, 0.5) is 8.78 Å². The summed E-state index contributed by atoms with van der Waals surface area (Å²) in [7, 11) is 0. The van der Waals surface area contributed by atoms with Crippen molar-refractivity contribution in [2.75, 3.05) is 0 Å². The summed E-state index contributed by atoms with van der Waals surface area (Å²) in [5.41, 5.74) is 1.02. The molecule has 5 heterocycles. The van der Waals surface area contributed by atoms with E-state index in [4.69, 9.17) is 4.42 Å². The third-order valence-electron chi connectivity index (χ3n) is 4.18. The molecule has 0 aliphatic rings. The Labute approximate surface area is 171 Å². The lowest BCUT2D eigenvalue weighted by Gasteiger charge is -2.08. The van der Waals surface area contributed by atoms with Crippen LogP contribution in [0, 0.1) is 0 Å². The second-order valence-electron chi connectivity index (χ2n) is 6.12. The molecule has 0 fully saturated rings. The van der Waals surface area contributed by atoms with Crippen molar-refractivity contribution in [3.8, 4) is 11.4 Å². The van der Waals surface area contributed by atoms with Gasteiger partial charge in [-0.1, -0.05) is 0 Å². The Bertz CT molecular complexity index is 1290. The largest absolute Gasteiger partial charge is 0.467 e. The van der Waals surface area contributed by atoms with E-state index in [0.29, 0.717) is 28.3 Å². The number of pyridine rings is 1. The van der Waals surface area contributed by atoms with Gasteiger partial charge in [0, 0.05) is 18.0 Å². The summed E-state index contributed by atoms with van der Waals surface area (Å²) in [6.07, 6.45) is 2.16. The van der Waals surface area contributed by atoms with Gasteiger partial charge in [0.25, 0.3) is 6.43 Å². The van der Waals surface area contributed by atoms with Crippen molar-refractivity contribution >= 4 is 17.4 Å². The maximum atomic E-state index is 13.1. The molecule has 0 aliphatic heterocycles. The number of aromatic nitrogens is 8. The fourth-order valence-corrected chi connectivity index (χ4v) is 3.63. The average molecular weight is 426 g/mol. The van der Waals surface area contributed by atoms with Crippen LogP contribution in [0.25, 0.3) is 17.0 Å². The Balaban J connectivity index is 1.55. The Morgan fingerprint density at radius 1 is 1.03 bits per heavy atom. The quantitative estimate of drug-likeness (QED) is 0.407. The van der Waals surface area contributed by atoms with E-state index in [9.17, 15) is 8.78 Å². The number of fused-ring (bicyclic) bond motifs is 1. The minimum Gasteiger partial charge on any atom is -0.467 e. The Hall–Kier alpha value is -3.67. The Morgan fingerprint density at radius 2 is 1.97 bits per heavy atom. The molecule has 0 aromatic carbocycles. The highest BCUT2D eigenvalue weighted by atomic mass is 32.2. The predicted molar refractivity (Wildman–Crippen MR) is 101 cm³/mol. The van der Waals surface area contributed by atoms with Crippen LogP contribution < -0.4 is 0 Å². The number of halogens is 2. The van der Waals surface area contributed by atoms with Crippen molar-refractivity contribution in [2.24, 2.45) is 0 Å².